The van der Waals surface area contributed by atoms with E-state index in [2.05, 4.69) is 0 Å². The van der Waals surface area contributed by atoms with Crippen molar-refractivity contribution >= 4 is 0 Å². The van der Waals surface area contributed by atoms with Gasteiger partial charge in [-0.25, -0.2) is 0 Å². The van der Waals surface area contributed by atoms with E-state index in [1.807, 2.05) is 0 Å². The molecule has 12 heteroatoms. The van der Waals surface area contributed by atoms with Gasteiger partial charge in [0.05, 0.1) is 0 Å². The van der Waals surface area contributed by atoms with Gasteiger partial charge in [0, 0.05) is 0 Å². The molecule has 0 amide bonds. The fraction of sp³-hybridized carbons (Fsp3) is 0. The molecule has 0 aliphatic carbocycles. The van der Waals surface area contributed by atoms with Crippen molar-refractivity contribution < 1.29 is 91.9 Å². The SMILES string of the molecule is N#[O+].O.O.[C-]#N.[C-]#N.[C-]#N.[C-]#N.[C-]#N.[Fe+2].[Na+].[Na+]. The monoisotopic (exact) mass is 298 g/mol. The summed E-state index contributed by atoms with van der Waals surface area (Å²) in [7, 11) is 0. The molecule has 82 valence electrons. The molecule has 9 nitrogen and oxygen atoms in total. The van der Waals surface area contributed by atoms with E-state index in [0.29, 0.717) is 0 Å². The molecule has 0 heterocycles. The molecule has 0 radical (unpaired) electrons. The van der Waals surface area contributed by atoms with Gasteiger partial charge in [0.1, 0.15) is 0 Å². The first kappa shape index (κ1) is 130. The van der Waals surface area contributed by atoms with Crippen molar-refractivity contribution in [1.29, 1.82) is 31.8 Å². The third-order valence-electron chi connectivity index (χ3n) is 0. The van der Waals surface area contributed by atoms with E-state index in [-0.39, 0.29) is 87.1 Å². The van der Waals surface area contributed by atoms with E-state index in [4.69, 9.17) is 69.4 Å². The molecule has 4 N–H and O–H groups in total. The molecule has 0 saturated heterocycles. The second-order valence-electron chi connectivity index (χ2n) is 0. The zero-order valence-electron chi connectivity index (χ0n) is 8.95. The standard InChI is InChI=1S/5CN.Fe.NO.2Na.2H2O/c5*1-2;;1-2;;;;/h;;;;;;;;;2*1H2/q5*-1;+2;3*+1;;. The van der Waals surface area contributed by atoms with Crippen LogP contribution in [0.4, 0.5) is 0 Å². The van der Waals surface area contributed by atoms with Gasteiger partial charge in [0.15, 0.2) is 0 Å². The predicted molar refractivity (Wildman–Crippen MR) is 34.5 cm³/mol. The van der Waals surface area contributed by atoms with Gasteiger partial charge in [-0.1, -0.05) is 0 Å². The maximum Gasteiger partial charge on any atom is 2.00 e. The van der Waals surface area contributed by atoms with Crippen molar-refractivity contribution in [2.75, 3.05) is 0 Å². The van der Waals surface area contributed by atoms with Gasteiger partial charge in [-0.15, -0.1) is 0 Å². The minimum atomic E-state index is 0. The van der Waals surface area contributed by atoms with Gasteiger partial charge in [0.25, 0.3) is 0 Å². The van der Waals surface area contributed by atoms with Crippen LogP contribution in [0.1, 0.15) is 0 Å². The first-order valence-corrected chi connectivity index (χ1v) is 1.30. The smallest absolute Gasteiger partial charge is 0.512 e. The Morgan fingerprint density at radius 2 is 0.471 bits per heavy atom. The second-order valence-corrected chi connectivity index (χ2v) is 0. The van der Waals surface area contributed by atoms with Crippen LogP contribution in [0.15, 0.2) is 0 Å². The van der Waals surface area contributed by atoms with Crippen LogP contribution in [0.2, 0.25) is 0 Å². The van der Waals surface area contributed by atoms with Crippen molar-refractivity contribution in [3.63, 3.8) is 0 Å². The van der Waals surface area contributed by atoms with Crippen molar-refractivity contribution in [3.05, 3.63) is 32.9 Å². The minimum Gasteiger partial charge on any atom is -0.512 e. The molecular weight excluding hydrogens is 294 g/mol. The van der Waals surface area contributed by atoms with Crippen LogP contribution >= 0.6 is 0 Å². The molecule has 0 fully saturated rings. The van der Waals surface area contributed by atoms with E-state index in [1.165, 1.54) is 0 Å². The summed E-state index contributed by atoms with van der Waals surface area (Å²) in [6.07, 6.45) is 0. The van der Waals surface area contributed by atoms with Gasteiger partial charge in [0.2, 0.25) is 0 Å². The average Bonchev–Trinajstić information content (AvgIpc) is 2.33. The zero-order chi connectivity index (χ0) is 12.0. The van der Waals surface area contributed by atoms with Gasteiger partial charge in [-0.2, -0.15) is 0 Å². The van der Waals surface area contributed by atoms with E-state index in [0.717, 1.165) is 0 Å². The summed E-state index contributed by atoms with van der Waals surface area (Å²) in [5, 5.41) is 31.2. The fourth-order valence-electron chi connectivity index (χ4n) is 0. The molecular formula is C5H4FeN6Na2O3. The Bertz CT molecular complexity index is 111. The molecule has 0 atom stereocenters. The summed E-state index contributed by atoms with van der Waals surface area (Å²) >= 11 is 0. The van der Waals surface area contributed by atoms with Gasteiger partial charge in [-0.3, -0.25) is 0 Å². The molecule has 17 heavy (non-hydrogen) atoms. The Kier molecular flexibility index (Phi) is 130000. The molecule has 0 aromatic carbocycles. The Hall–Kier alpha value is -0.441. The Balaban J connectivity index is -0.00000000267. The van der Waals surface area contributed by atoms with E-state index >= 15 is 0 Å². The van der Waals surface area contributed by atoms with Crippen molar-refractivity contribution in [3.8, 4) is 0 Å². The molecule has 0 bridgehead atoms. The number of nitrogens with zero attached hydrogens (tertiary/aromatic N) is 6. The first-order valence-electron chi connectivity index (χ1n) is 1.30. The van der Waals surface area contributed by atoms with Crippen molar-refractivity contribution in [2.45, 2.75) is 0 Å². The molecule has 0 aromatic rings. The summed E-state index contributed by atoms with van der Waals surface area (Å²) in [6, 6.07) is 0. The minimum absolute atomic E-state index is 0. The summed E-state index contributed by atoms with van der Waals surface area (Å²) in [5.74, 6) is 0. The van der Waals surface area contributed by atoms with Crippen LogP contribution in [0.3, 0.4) is 0 Å². The van der Waals surface area contributed by atoms with Crippen LogP contribution < -0.4 is 59.1 Å². The molecule has 0 unspecified atom stereocenters. The zero-order valence-corrected chi connectivity index (χ0v) is 14.0. The van der Waals surface area contributed by atoms with Gasteiger partial charge < -0.3 is 70.1 Å². The van der Waals surface area contributed by atoms with Gasteiger partial charge >= 0.3 is 86.4 Å². The van der Waals surface area contributed by atoms with E-state index < -0.39 is 0 Å². The predicted octanol–water partition coefficient (Wildman–Crippen LogP) is -7.27. The van der Waals surface area contributed by atoms with E-state index in [9.17, 15) is 0 Å². The van der Waals surface area contributed by atoms with Crippen LogP contribution in [-0.2, 0) is 21.8 Å². The Labute approximate surface area is 155 Å². The maximum atomic E-state index is 7.25. The fourth-order valence-corrected chi connectivity index (χ4v) is 0. The van der Waals surface area contributed by atoms with Crippen LogP contribution in [0.5, 0.6) is 0 Å². The molecule has 0 rings (SSSR count). The van der Waals surface area contributed by atoms with Crippen molar-refractivity contribution in [1.82, 2.24) is 0 Å². The quantitative estimate of drug-likeness (QED) is 0.239. The van der Waals surface area contributed by atoms with Crippen LogP contribution in [0.25, 0.3) is 0 Å². The largest absolute Gasteiger partial charge is 2.00 e. The molecule has 0 saturated carbocycles. The second kappa shape index (κ2) is 17000. The summed E-state index contributed by atoms with van der Waals surface area (Å²) in [4.78, 5) is 0. The molecule has 0 aliphatic rings. The number of rotatable bonds is 0. The third kappa shape index (κ3) is 14700. The molecule has 0 aliphatic heterocycles. The van der Waals surface area contributed by atoms with E-state index in [1.54, 1.807) is 0 Å². The number of hydrogen-bond acceptors (Lipinski definition) is 6. The summed E-state index contributed by atoms with van der Waals surface area (Å²) in [6.45, 7) is 23.8. The average molecular weight is 298 g/mol. The Morgan fingerprint density at radius 3 is 0.471 bits per heavy atom. The summed E-state index contributed by atoms with van der Waals surface area (Å²) in [5.41, 5.74) is 5.75. The third-order valence-corrected chi connectivity index (χ3v) is 0. The maximum absolute atomic E-state index is 7.25. The van der Waals surface area contributed by atoms with Crippen LogP contribution in [-0.4, -0.2) is 11.0 Å². The normalized spacial score (nSPS) is 0.706. The Morgan fingerprint density at radius 1 is 0.471 bits per heavy atom. The topological polar surface area (TPSA) is 226 Å². The number of hydrogen-bond donors (Lipinski definition) is 0. The van der Waals surface area contributed by atoms with Crippen LogP contribution in [0, 0.1) is 64.6 Å². The molecule has 0 spiro atoms. The van der Waals surface area contributed by atoms with Gasteiger partial charge in [-0.05, 0) is 0 Å². The first-order chi connectivity index (χ1) is 6.00. The summed E-state index contributed by atoms with van der Waals surface area (Å²) < 4.78 is 7.25. The van der Waals surface area contributed by atoms with Crippen molar-refractivity contribution in [2.24, 2.45) is 0 Å². The molecule has 0 aromatic heterocycles.